The van der Waals surface area contributed by atoms with Crippen LogP contribution in [0.4, 0.5) is 0 Å². The van der Waals surface area contributed by atoms with Gasteiger partial charge in [-0.1, -0.05) is 424 Å². The highest BCUT2D eigenvalue weighted by Gasteiger charge is 2.20. The number of unbranched alkanes of at least 4 members (excludes halogenated alkanes) is 65. The molecule has 0 aliphatic rings. The van der Waals surface area contributed by atoms with Crippen LogP contribution in [-0.2, 0) is 14.3 Å². The number of carbonyl (C=O) groups excluding carboxylic acids is 2. The van der Waals surface area contributed by atoms with Gasteiger partial charge in [0, 0.05) is 12.8 Å². The van der Waals surface area contributed by atoms with Crippen LogP contribution in [0.1, 0.15) is 476 Å². The number of amides is 1. The van der Waals surface area contributed by atoms with Crippen LogP contribution in [0, 0.1) is 0 Å². The fraction of sp³-hybridized carbons (Fsp3) is 0.951. The fourth-order valence-electron chi connectivity index (χ4n) is 13.3. The van der Waals surface area contributed by atoms with E-state index in [2.05, 4.69) is 31.3 Å². The smallest absolute Gasteiger partial charge is 0.305 e. The van der Waals surface area contributed by atoms with Gasteiger partial charge in [-0.05, 0) is 51.4 Å². The van der Waals surface area contributed by atoms with Gasteiger partial charge in [0.15, 0.2) is 0 Å². The summed E-state index contributed by atoms with van der Waals surface area (Å²) in [5.74, 6) is -0.01000. The third-order valence-electron chi connectivity index (χ3n) is 19.6. The van der Waals surface area contributed by atoms with Gasteiger partial charge < -0.3 is 20.3 Å². The molecule has 0 aliphatic heterocycles. The Morgan fingerprint density at radius 2 is 0.534 bits per heavy atom. The van der Waals surface area contributed by atoms with Gasteiger partial charge in [0.05, 0.1) is 25.4 Å². The zero-order valence-electron chi connectivity index (χ0n) is 60.3. The Bertz CT molecular complexity index is 1340. The lowest BCUT2D eigenvalue weighted by Crippen LogP contribution is -2.45. The van der Waals surface area contributed by atoms with E-state index in [1.165, 1.54) is 398 Å². The second kappa shape index (κ2) is 78.0. The Balaban J connectivity index is 3.32. The number of esters is 1. The summed E-state index contributed by atoms with van der Waals surface area (Å²) < 4.78 is 5.49. The summed E-state index contributed by atoms with van der Waals surface area (Å²) in [6.45, 7) is 4.99. The molecule has 0 radical (unpaired) electrons. The van der Waals surface area contributed by atoms with Crippen molar-refractivity contribution in [3.63, 3.8) is 0 Å². The highest BCUT2D eigenvalue weighted by molar-refractivity contribution is 5.76. The maximum atomic E-state index is 12.6. The lowest BCUT2D eigenvalue weighted by atomic mass is 10.0. The molecule has 524 valence electrons. The second-order valence-corrected chi connectivity index (χ2v) is 28.5. The van der Waals surface area contributed by atoms with Crippen molar-refractivity contribution < 1.29 is 24.5 Å². The van der Waals surface area contributed by atoms with Gasteiger partial charge in [-0.3, -0.25) is 9.59 Å². The van der Waals surface area contributed by atoms with Crippen molar-refractivity contribution in [1.29, 1.82) is 0 Å². The molecule has 0 saturated carbocycles. The van der Waals surface area contributed by atoms with Gasteiger partial charge in [0.25, 0.3) is 0 Å². The first-order valence-electron chi connectivity index (χ1n) is 40.9. The largest absolute Gasteiger partial charge is 0.466 e. The Kier molecular flexibility index (Phi) is 76.8. The highest BCUT2D eigenvalue weighted by atomic mass is 16.5. The molecule has 0 aliphatic carbocycles. The van der Waals surface area contributed by atoms with Crippen molar-refractivity contribution >= 4 is 11.9 Å². The minimum absolute atomic E-state index is 0.0137. The van der Waals surface area contributed by atoms with Crippen molar-refractivity contribution in [3.05, 3.63) is 12.2 Å². The molecule has 0 spiro atoms. The highest BCUT2D eigenvalue weighted by Crippen LogP contribution is 2.21. The quantitative estimate of drug-likeness (QED) is 0.0320. The van der Waals surface area contributed by atoms with E-state index in [0.717, 1.165) is 44.9 Å². The lowest BCUT2D eigenvalue weighted by Gasteiger charge is -2.22. The van der Waals surface area contributed by atoms with Gasteiger partial charge in [-0.15, -0.1) is 0 Å². The van der Waals surface area contributed by atoms with E-state index in [9.17, 15) is 19.8 Å². The van der Waals surface area contributed by atoms with E-state index in [1.54, 1.807) is 0 Å². The average molecular weight is 1240 g/mol. The van der Waals surface area contributed by atoms with Crippen LogP contribution in [0.3, 0.4) is 0 Å². The van der Waals surface area contributed by atoms with E-state index in [-0.39, 0.29) is 18.5 Å². The summed E-state index contributed by atoms with van der Waals surface area (Å²) in [4.78, 5) is 24.6. The third kappa shape index (κ3) is 73.6. The van der Waals surface area contributed by atoms with Crippen molar-refractivity contribution in [2.45, 2.75) is 488 Å². The summed E-state index contributed by atoms with van der Waals surface area (Å²) in [6.07, 6.45) is 98.9. The average Bonchev–Trinajstić information content (AvgIpc) is 3.54. The molecule has 0 rings (SSSR count). The van der Waals surface area contributed by atoms with E-state index in [4.69, 9.17) is 4.74 Å². The molecular weight excluding hydrogens is 1080 g/mol. The molecule has 0 fully saturated rings. The van der Waals surface area contributed by atoms with Gasteiger partial charge in [-0.2, -0.15) is 0 Å². The molecule has 6 heteroatoms. The standard InChI is InChI=1S/C82H161NO5/c1-3-5-7-9-11-13-15-17-18-19-20-21-22-32-35-38-41-44-47-51-54-58-62-66-70-74-80(85)79(78-84)83-81(86)75-71-67-63-59-55-52-48-45-42-39-36-33-30-28-26-24-23-25-27-29-31-34-37-40-43-46-49-53-57-61-65-69-73-77-88-82(87)76-72-68-64-60-56-50-16-14-12-10-8-6-4-2/h14,16,79-80,84-85H,3-13,15,17-78H2,1-2H3,(H,83,86)/b16-14-. The number of carbonyl (C=O) groups is 2. The second-order valence-electron chi connectivity index (χ2n) is 28.5. The van der Waals surface area contributed by atoms with Crippen molar-refractivity contribution in [2.75, 3.05) is 13.2 Å². The van der Waals surface area contributed by atoms with E-state index < -0.39 is 12.1 Å². The molecule has 0 heterocycles. The molecule has 0 saturated heterocycles. The maximum Gasteiger partial charge on any atom is 0.305 e. The Morgan fingerprint density at radius 3 is 0.818 bits per heavy atom. The molecule has 2 unspecified atom stereocenters. The first kappa shape index (κ1) is 86.6. The van der Waals surface area contributed by atoms with E-state index in [0.29, 0.717) is 25.9 Å². The van der Waals surface area contributed by atoms with Crippen LogP contribution in [0.5, 0.6) is 0 Å². The van der Waals surface area contributed by atoms with Crippen molar-refractivity contribution in [3.8, 4) is 0 Å². The van der Waals surface area contributed by atoms with Crippen LogP contribution in [0.2, 0.25) is 0 Å². The normalized spacial score (nSPS) is 12.5. The predicted molar refractivity (Wildman–Crippen MR) is 389 cm³/mol. The van der Waals surface area contributed by atoms with Gasteiger partial charge in [0.1, 0.15) is 0 Å². The minimum Gasteiger partial charge on any atom is -0.466 e. The number of aliphatic hydroxyl groups is 2. The third-order valence-corrected chi connectivity index (χ3v) is 19.6. The zero-order valence-corrected chi connectivity index (χ0v) is 60.3. The number of ether oxygens (including phenoxy) is 1. The molecule has 6 nitrogen and oxygen atoms in total. The van der Waals surface area contributed by atoms with Gasteiger partial charge >= 0.3 is 5.97 Å². The van der Waals surface area contributed by atoms with Crippen molar-refractivity contribution in [2.24, 2.45) is 0 Å². The topological polar surface area (TPSA) is 95.9 Å². The number of aliphatic hydroxyl groups excluding tert-OH is 2. The van der Waals surface area contributed by atoms with E-state index in [1.807, 2.05) is 0 Å². The number of allylic oxidation sites excluding steroid dienone is 2. The predicted octanol–water partition coefficient (Wildman–Crippen LogP) is 27.1. The van der Waals surface area contributed by atoms with Crippen LogP contribution >= 0.6 is 0 Å². The van der Waals surface area contributed by atoms with Gasteiger partial charge in [-0.25, -0.2) is 0 Å². The molecule has 0 bridgehead atoms. The number of rotatable bonds is 78. The summed E-state index contributed by atoms with van der Waals surface area (Å²) >= 11 is 0. The first-order chi connectivity index (χ1) is 43.5. The Labute approximate surface area is 552 Å². The molecule has 1 amide bonds. The molecule has 88 heavy (non-hydrogen) atoms. The fourth-order valence-corrected chi connectivity index (χ4v) is 13.3. The summed E-state index contributed by atoms with van der Waals surface area (Å²) in [7, 11) is 0. The van der Waals surface area contributed by atoms with E-state index >= 15 is 0 Å². The summed E-state index contributed by atoms with van der Waals surface area (Å²) in [6, 6.07) is -0.539. The number of hydrogen-bond acceptors (Lipinski definition) is 5. The molecule has 0 aromatic rings. The Hall–Kier alpha value is -1.40. The van der Waals surface area contributed by atoms with Gasteiger partial charge in [0.2, 0.25) is 5.91 Å². The van der Waals surface area contributed by atoms with Crippen molar-refractivity contribution in [1.82, 2.24) is 5.32 Å². The molecule has 3 N–H and O–H groups in total. The van der Waals surface area contributed by atoms with Crippen LogP contribution in [0.15, 0.2) is 12.2 Å². The monoisotopic (exact) mass is 1240 g/mol. The molecule has 2 atom stereocenters. The number of nitrogens with one attached hydrogen (secondary N) is 1. The van der Waals surface area contributed by atoms with Crippen LogP contribution in [0.25, 0.3) is 0 Å². The first-order valence-corrected chi connectivity index (χ1v) is 40.9. The molecule has 0 aromatic heterocycles. The molecular formula is C82H161NO5. The SMILES string of the molecule is CCCCCC/C=C\CCCCCCCC(=O)OCCCCCCCCCCCCCCCCCCCCCCCCCCCCCCCCCCCC(=O)NC(CO)C(O)CCCCCCCCCCCCCCCCCCCCCCCCCCC. The Morgan fingerprint density at radius 1 is 0.307 bits per heavy atom. The zero-order chi connectivity index (χ0) is 63.5. The minimum atomic E-state index is -0.662. The van der Waals surface area contributed by atoms with Crippen LogP contribution in [-0.4, -0.2) is 47.4 Å². The maximum absolute atomic E-state index is 12.6. The summed E-state index contributed by atoms with van der Waals surface area (Å²) in [5.41, 5.74) is 0. The number of hydrogen-bond donors (Lipinski definition) is 3. The molecule has 0 aromatic carbocycles. The van der Waals surface area contributed by atoms with Crippen LogP contribution < -0.4 is 5.32 Å². The lowest BCUT2D eigenvalue weighted by molar-refractivity contribution is -0.143. The summed E-state index contributed by atoms with van der Waals surface area (Å²) in [5, 5.41) is 23.5.